The molecular weight excluding hydrogens is 321 g/mol. The van der Waals surface area contributed by atoms with Gasteiger partial charge >= 0.3 is 0 Å². The zero-order valence-corrected chi connectivity index (χ0v) is 11.9. The molecule has 0 aliphatic rings. The van der Waals surface area contributed by atoms with E-state index in [4.69, 9.17) is 11.6 Å². The number of aromatic nitrogens is 2. The van der Waals surface area contributed by atoms with E-state index in [0.29, 0.717) is 27.6 Å². The van der Waals surface area contributed by atoms with Gasteiger partial charge in [-0.05, 0) is 40.5 Å². The van der Waals surface area contributed by atoms with Crippen molar-refractivity contribution in [1.29, 1.82) is 0 Å². The van der Waals surface area contributed by atoms with Gasteiger partial charge in [-0.15, -0.1) is 0 Å². The minimum Gasteiger partial charge on any atom is -0.340 e. The summed E-state index contributed by atoms with van der Waals surface area (Å²) < 4.78 is 13.8. The number of rotatable bonds is 3. The first-order valence-corrected chi connectivity index (χ1v) is 6.50. The maximum atomic E-state index is 13.4. The average molecular weight is 331 g/mol. The van der Waals surface area contributed by atoms with Crippen LogP contribution in [0.1, 0.15) is 12.5 Å². The van der Waals surface area contributed by atoms with Crippen molar-refractivity contribution in [1.82, 2.24) is 9.97 Å². The maximum absolute atomic E-state index is 13.4. The van der Waals surface area contributed by atoms with Gasteiger partial charge in [-0.3, -0.25) is 0 Å². The van der Waals surface area contributed by atoms with E-state index in [1.54, 1.807) is 12.1 Å². The van der Waals surface area contributed by atoms with Gasteiger partial charge in [0.1, 0.15) is 23.1 Å². The smallest absolute Gasteiger partial charge is 0.139 e. The first kappa shape index (κ1) is 13.2. The van der Waals surface area contributed by atoms with Gasteiger partial charge < -0.3 is 5.32 Å². The predicted molar refractivity (Wildman–Crippen MR) is 73.8 cm³/mol. The zero-order valence-electron chi connectivity index (χ0n) is 9.54. The van der Waals surface area contributed by atoms with Gasteiger partial charge in [-0.25, -0.2) is 14.4 Å². The second-order valence-electron chi connectivity index (χ2n) is 3.60. The molecule has 0 spiro atoms. The molecule has 2 aromatic rings. The summed E-state index contributed by atoms with van der Waals surface area (Å²) >= 11 is 9.08. The molecule has 0 saturated carbocycles. The first-order chi connectivity index (χ1) is 8.61. The van der Waals surface area contributed by atoms with E-state index in [9.17, 15) is 4.39 Å². The molecule has 94 valence electrons. The number of hydrogen-bond donors (Lipinski definition) is 1. The summed E-state index contributed by atoms with van der Waals surface area (Å²) in [6, 6.07) is 4.77. The Morgan fingerprint density at radius 2 is 2.17 bits per heavy atom. The van der Waals surface area contributed by atoms with Crippen LogP contribution >= 0.6 is 27.5 Å². The lowest BCUT2D eigenvalue weighted by Gasteiger charge is -2.10. The minimum atomic E-state index is -0.335. The lowest BCUT2D eigenvalue weighted by molar-refractivity contribution is 0.622. The van der Waals surface area contributed by atoms with Gasteiger partial charge in [0.15, 0.2) is 0 Å². The third-order valence-electron chi connectivity index (χ3n) is 2.43. The van der Waals surface area contributed by atoms with Gasteiger partial charge in [-0.2, -0.15) is 0 Å². The molecule has 0 saturated heterocycles. The van der Waals surface area contributed by atoms with Crippen LogP contribution in [0.25, 0.3) is 0 Å². The summed E-state index contributed by atoms with van der Waals surface area (Å²) in [6.07, 6.45) is 2.07. The van der Waals surface area contributed by atoms with Gasteiger partial charge in [0.2, 0.25) is 0 Å². The van der Waals surface area contributed by atoms with Crippen molar-refractivity contribution < 1.29 is 4.39 Å². The van der Waals surface area contributed by atoms with Crippen LogP contribution in [0.3, 0.4) is 0 Å². The van der Waals surface area contributed by atoms with E-state index in [1.807, 2.05) is 6.92 Å². The summed E-state index contributed by atoms with van der Waals surface area (Å²) in [5.74, 6) is 0.262. The molecule has 2 rings (SSSR count). The Labute approximate surface area is 118 Å². The van der Waals surface area contributed by atoms with Crippen LogP contribution in [0.15, 0.2) is 29.0 Å². The normalized spacial score (nSPS) is 10.4. The van der Waals surface area contributed by atoms with Crippen LogP contribution in [0.5, 0.6) is 0 Å². The Morgan fingerprint density at radius 3 is 2.83 bits per heavy atom. The van der Waals surface area contributed by atoms with Crippen molar-refractivity contribution in [2.45, 2.75) is 13.3 Å². The lowest BCUT2D eigenvalue weighted by Crippen LogP contribution is -2.00. The van der Waals surface area contributed by atoms with Gasteiger partial charge in [-0.1, -0.05) is 18.5 Å². The number of anilines is 2. The van der Waals surface area contributed by atoms with Crippen LogP contribution in [0.2, 0.25) is 5.15 Å². The van der Waals surface area contributed by atoms with E-state index in [2.05, 4.69) is 31.2 Å². The molecular formula is C12H10BrClFN3. The van der Waals surface area contributed by atoms with Crippen molar-refractivity contribution >= 4 is 39.0 Å². The summed E-state index contributed by atoms with van der Waals surface area (Å²) in [4.78, 5) is 8.03. The van der Waals surface area contributed by atoms with Gasteiger partial charge in [0, 0.05) is 11.3 Å². The minimum absolute atomic E-state index is 0.335. The van der Waals surface area contributed by atoms with E-state index in [1.165, 1.54) is 12.4 Å². The summed E-state index contributed by atoms with van der Waals surface area (Å²) in [6.45, 7) is 1.96. The molecule has 0 fully saturated rings. The number of nitrogens with one attached hydrogen (secondary N) is 1. The highest BCUT2D eigenvalue weighted by molar-refractivity contribution is 9.10. The fourth-order valence-corrected chi connectivity index (χ4v) is 2.04. The molecule has 0 aliphatic heterocycles. The fraction of sp³-hybridized carbons (Fsp3) is 0.167. The largest absolute Gasteiger partial charge is 0.340 e. The van der Waals surface area contributed by atoms with E-state index >= 15 is 0 Å². The monoisotopic (exact) mass is 329 g/mol. The standard InChI is InChI=1S/C12H10BrClFN3/c1-2-8-11(14)16-6-17-12(8)18-7-3-4-9(13)10(15)5-7/h3-6H,2H2,1H3,(H,16,17,18). The van der Waals surface area contributed by atoms with Gasteiger partial charge in [0.05, 0.1) is 4.47 Å². The highest BCUT2D eigenvalue weighted by Crippen LogP contribution is 2.25. The molecule has 1 N–H and O–H groups in total. The molecule has 1 heterocycles. The van der Waals surface area contributed by atoms with Crippen molar-refractivity contribution in [3.63, 3.8) is 0 Å². The van der Waals surface area contributed by atoms with Gasteiger partial charge in [0.25, 0.3) is 0 Å². The highest BCUT2D eigenvalue weighted by atomic mass is 79.9. The Hall–Kier alpha value is -1.20. The number of nitrogens with zero attached hydrogens (tertiary/aromatic N) is 2. The molecule has 3 nitrogen and oxygen atoms in total. The van der Waals surface area contributed by atoms with Crippen LogP contribution < -0.4 is 5.32 Å². The molecule has 1 aromatic carbocycles. The quantitative estimate of drug-likeness (QED) is 0.851. The lowest BCUT2D eigenvalue weighted by atomic mass is 10.2. The Bertz CT molecular complexity index is 577. The number of benzene rings is 1. The molecule has 0 unspecified atom stereocenters. The molecule has 0 atom stereocenters. The van der Waals surface area contributed by atoms with Crippen LogP contribution in [-0.4, -0.2) is 9.97 Å². The van der Waals surface area contributed by atoms with Crippen LogP contribution in [0.4, 0.5) is 15.9 Å². The first-order valence-electron chi connectivity index (χ1n) is 5.33. The van der Waals surface area contributed by atoms with Crippen LogP contribution in [0, 0.1) is 5.82 Å². The summed E-state index contributed by atoms with van der Waals surface area (Å²) in [7, 11) is 0. The van der Waals surface area contributed by atoms with E-state index < -0.39 is 0 Å². The molecule has 18 heavy (non-hydrogen) atoms. The molecule has 1 aromatic heterocycles. The van der Waals surface area contributed by atoms with E-state index in [-0.39, 0.29) is 5.82 Å². The van der Waals surface area contributed by atoms with E-state index in [0.717, 1.165) is 5.56 Å². The van der Waals surface area contributed by atoms with Crippen molar-refractivity contribution in [2.75, 3.05) is 5.32 Å². The second-order valence-corrected chi connectivity index (χ2v) is 4.81. The Morgan fingerprint density at radius 1 is 1.39 bits per heavy atom. The summed E-state index contributed by atoms with van der Waals surface area (Å²) in [5, 5.41) is 3.45. The topological polar surface area (TPSA) is 37.8 Å². The Balaban J connectivity index is 2.34. The SMILES string of the molecule is CCc1c(Cl)ncnc1Nc1ccc(Br)c(F)c1. The molecule has 0 radical (unpaired) electrons. The average Bonchev–Trinajstić information content (AvgIpc) is 2.34. The molecule has 0 bridgehead atoms. The third-order valence-corrected chi connectivity index (χ3v) is 3.40. The third kappa shape index (κ3) is 2.79. The molecule has 0 aliphatic carbocycles. The summed E-state index contributed by atoms with van der Waals surface area (Å²) in [5.41, 5.74) is 1.42. The maximum Gasteiger partial charge on any atom is 0.139 e. The predicted octanol–water partition coefficient (Wildman–Crippen LogP) is 4.34. The van der Waals surface area contributed by atoms with Crippen molar-refractivity contribution in [3.8, 4) is 0 Å². The highest BCUT2D eigenvalue weighted by Gasteiger charge is 2.09. The number of halogens is 3. The number of hydrogen-bond acceptors (Lipinski definition) is 3. The molecule has 0 amide bonds. The second kappa shape index (κ2) is 5.63. The fourth-order valence-electron chi connectivity index (χ4n) is 1.52. The van der Waals surface area contributed by atoms with Crippen molar-refractivity contribution in [2.24, 2.45) is 0 Å². The van der Waals surface area contributed by atoms with Crippen molar-refractivity contribution in [3.05, 3.63) is 45.5 Å². The molecule has 6 heteroatoms. The zero-order chi connectivity index (χ0) is 13.1. The Kier molecular flexibility index (Phi) is 4.14. The van der Waals surface area contributed by atoms with Crippen LogP contribution in [-0.2, 0) is 6.42 Å².